The van der Waals surface area contributed by atoms with Crippen LogP contribution in [0.2, 0.25) is 0 Å². The van der Waals surface area contributed by atoms with E-state index in [0.717, 1.165) is 34.4 Å². The van der Waals surface area contributed by atoms with Gasteiger partial charge in [0.15, 0.2) is 0 Å². The lowest BCUT2D eigenvalue weighted by Gasteiger charge is -2.28. The molecular weight excluding hydrogens is 345 g/mol. The molecular formula is C19H17F3N2O2. The lowest BCUT2D eigenvalue weighted by atomic mass is 9.85. The SMILES string of the molecule is CC1Cc2c(c(-c3ccc(C(F)(F)F)cc3)cc3c2CC(=O)[NH+]3[O-])CN1. The second kappa shape index (κ2) is 5.90. The molecule has 1 amide bonds. The molecule has 2 aromatic carbocycles. The van der Waals surface area contributed by atoms with Crippen molar-refractivity contribution in [3.63, 3.8) is 0 Å². The number of hydroxylamine groups is 1. The predicted molar refractivity (Wildman–Crippen MR) is 89.6 cm³/mol. The van der Waals surface area contributed by atoms with Gasteiger partial charge in [0, 0.05) is 24.2 Å². The van der Waals surface area contributed by atoms with Gasteiger partial charge in [-0.2, -0.15) is 13.2 Å². The first-order chi connectivity index (χ1) is 12.3. The molecule has 0 saturated heterocycles. The number of quaternary nitrogens is 1. The third-order valence-corrected chi connectivity index (χ3v) is 5.16. The van der Waals surface area contributed by atoms with Gasteiger partial charge < -0.3 is 10.5 Å². The van der Waals surface area contributed by atoms with E-state index in [-0.39, 0.29) is 12.5 Å². The molecule has 2 heterocycles. The molecule has 0 aliphatic carbocycles. The van der Waals surface area contributed by atoms with Gasteiger partial charge in [-0.05, 0) is 47.7 Å². The van der Waals surface area contributed by atoms with Gasteiger partial charge in [0.2, 0.25) is 0 Å². The van der Waals surface area contributed by atoms with Crippen molar-refractivity contribution in [2.75, 3.05) is 0 Å². The molecule has 2 unspecified atom stereocenters. The Kier molecular flexibility index (Phi) is 3.91. The van der Waals surface area contributed by atoms with Crippen molar-refractivity contribution in [1.82, 2.24) is 5.32 Å². The number of amides is 1. The van der Waals surface area contributed by atoms with E-state index in [0.29, 0.717) is 24.2 Å². The highest BCUT2D eigenvalue weighted by Crippen LogP contribution is 2.38. The predicted octanol–water partition coefficient (Wildman–Crippen LogP) is 2.50. The zero-order valence-electron chi connectivity index (χ0n) is 14.0. The van der Waals surface area contributed by atoms with Crippen LogP contribution in [-0.4, -0.2) is 11.9 Å². The quantitative estimate of drug-likeness (QED) is 0.767. The summed E-state index contributed by atoms with van der Waals surface area (Å²) in [5.41, 5.74) is 3.76. The van der Waals surface area contributed by atoms with Crippen molar-refractivity contribution in [1.29, 1.82) is 0 Å². The zero-order chi connectivity index (χ0) is 18.6. The van der Waals surface area contributed by atoms with Crippen molar-refractivity contribution in [2.24, 2.45) is 0 Å². The molecule has 4 rings (SSSR count). The maximum atomic E-state index is 12.8. The first-order valence-electron chi connectivity index (χ1n) is 8.42. The molecule has 0 radical (unpaired) electrons. The number of fused-ring (bicyclic) bond motifs is 3. The van der Waals surface area contributed by atoms with E-state index in [1.165, 1.54) is 12.1 Å². The normalized spacial score (nSPS) is 22.3. The standard InChI is InChI=1S/C19H17F3N2O2/c1-10-6-14-15-8-18(25)24(26)17(15)7-13(16(14)9-23-10)11-2-4-12(5-3-11)19(20,21)22/h2-5,7,10,23-24H,6,8-9H2,1H3. The van der Waals surface area contributed by atoms with Crippen LogP contribution < -0.4 is 10.4 Å². The summed E-state index contributed by atoms with van der Waals surface area (Å²) in [5, 5.41) is 15.1. The van der Waals surface area contributed by atoms with Gasteiger partial charge in [-0.1, -0.05) is 12.1 Å². The minimum Gasteiger partial charge on any atom is -0.621 e. The van der Waals surface area contributed by atoms with Crippen LogP contribution in [0.3, 0.4) is 0 Å². The highest BCUT2D eigenvalue weighted by atomic mass is 19.4. The zero-order valence-corrected chi connectivity index (χ0v) is 14.0. The Labute approximate surface area is 148 Å². The molecule has 26 heavy (non-hydrogen) atoms. The second-order valence-corrected chi connectivity index (χ2v) is 6.90. The van der Waals surface area contributed by atoms with E-state index < -0.39 is 22.7 Å². The van der Waals surface area contributed by atoms with Gasteiger partial charge in [0.05, 0.1) is 12.0 Å². The van der Waals surface area contributed by atoms with Crippen molar-refractivity contribution in [3.05, 3.63) is 57.8 Å². The molecule has 2 N–H and O–H groups in total. The lowest BCUT2D eigenvalue weighted by Crippen LogP contribution is -3.03. The Bertz CT molecular complexity index is 891. The Hall–Kier alpha value is -2.22. The van der Waals surface area contributed by atoms with Crippen LogP contribution >= 0.6 is 0 Å². The van der Waals surface area contributed by atoms with Crippen LogP contribution in [0.25, 0.3) is 11.1 Å². The highest BCUT2D eigenvalue weighted by molar-refractivity contribution is 5.84. The van der Waals surface area contributed by atoms with E-state index >= 15 is 0 Å². The van der Waals surface area contributed by atoms with Crippen LogP contribution in [0.1, 0.15) is 29.2 Å². The van der Waals surface area contributed by atoms with Crippen LogP contribution in [-0.2, 0) is 30.4 Å². The topological polar surface area (TPSA) is 56.6 Å². The third-order valence-electron chi connectivity index (χ3n) is 5.16. The molecule has 0 spiro atoms. The number of benzene rings is 2. The van der Waals surface area contributed by atoms with Crippen LogP contribution in [0.15, 0.2) is 30.3 Å². The fourth-order valence-electron chi connectivity index (χ4n) is 3.82. The second-order valence-electron chi connectivity index (χ2n) is 6.90. The summed E-state index contributed by atoms with van der Waals surface area (Å²) >= 11 is 0. The van der Waals surface area contributed by atoms with Gasteiger partial charge in [0.1, 0.15) is 5.69 Å². The van der Waals surface area contributed by atoms with Gasteiger partial charge in [-0.3, -0.25) is 5.06 Å². The summed E-state index contributed by atoms with van der Waals surface area (Å²) < 4.78 is 38.5. The molecule has 7 heteroatoms. The minimum atomic E-state index is -4.39. The number of halogens is 3. The molecule has 0 bridgehead atoms. The van der Waals surface area contributed by atoms with Crippen molar-refractivity contribution in [3.8, 4) is 11.1 Å². The maximum Gasteiger partial charge on any atom is 0.416 e. The summed E-state index contributed by atoms with van der Waals surface area (Å²) in [6.45, 7) is 2.58. The molecule has 2 aliphatic heterocycles. The highest BCUT2D eigenvalue weighted by Gasteiger charge is 2.35. The number of hydrogen-bond donors (Lipinski definition) is 2. The van der Waals surface area contributed by atoms with Crippen molar-refractivity contribution >= 4 is 11.6 Å². The molecule has 2 aliphatic rings. The first kappa shape index (κ1) is 17.2. The largest absolute Gasteiger partial charge is 0.621 e. The molecule has 2 atom stereocenters. The summed E-state index contributed by atoms with van der Waals surface area (Å²) in [7, 11) is 0. The smallest absolute Gasteiger partial charge is 0.416 e. The summed E-state index contributed by atoms with van der Waals surface area (Å²) in [6.07, 6.45) is -3.58. The summed E-state index contributed by atoms with van der Waals surface area (Å²) in [6, 6.07) is 6.80. The number of hydrogen-bond acceptors (Lipinski definition) is 3. The Balaban J connectivity index is 1.87. The van der Waals surface area contributed by atoms with Gasteiger partial charge >= 0.3 is 12.1 Å². The lowest BCUT2D eigenvalue weighted by molar-refractivity contribution is -0.683. The van der Waals surface area contributed by atoms with Gasteiger partial charge in [0.25, 0.3) is 0 Å². The van der Waals surface area contributed by atoms with E-state index in [9.17, 15) is 23.2 Å². The average Bonchev–Trinajstić information content (AvgIpc) is 2.88. The number of rotatable bonds is 1. The van der Waals surface area contributed by atoms with E-state index in [4.69, 9.17) is 0 Å². The Morgan fingerprint density at radius 3 is 2.50 bits per heavy atom. The van der Waals surface area contributed by atoms with Crippen molar-refractivity contribution in [2.45, 2.75) is 38.5 Å². The number of alkyl halides is 3. The monoisotopic (exact) mass is 362 g/mol. The third kappa shape index (κ3) is 2.72. The van der Waals surface area contributed by atoms with Gasteiger partial charge in [-0.25, -0.2) is 4.79 Å². The number of carbonyl (C=O) groups is 1. The maximum absolute atomic E-state index is 12.8. The Morgan fingerprint density at radius 1 is 1.15 bits per heavy atom. The molecule has 4 nitrogen and oxygen atoms in total. The average molecular weight is 362 g/mol. The van der Waals surface area contributed by atoms with Crippen LogP contribution in [0.4, 0.5) is 18.9 Å². The summed E-state index contributed by atoms with van der Waals surface area (Å²) in [5.74, 6) is -0.419. The molecule has 0 aromatic heterocycles. The fourth-order valence-corrected chi connectivity index (χ4v) is 3.82. The first-order valence-corrected chi connectivity index (χ1v) is 8.42. The molecule has 0 saturated carbocycles. The number of carbonyl (C=O) groups excluding carboxylic acids is 1. The number of nitrogens with one attached hydrogen (secondary N) is 2. The summed E-state index contributed by atoms with van der Waals surface area (Å²) in [4.78, 5) is 11.9. The molecule has 136 valence electrons. The van der Waals surface area contributed by atoms with E-state index in [1.807, 2.05) is 6.92 Å². The minimum absolute atomic E-state index is 0.122. The van der Waals surface area contributed by atoms with E-state index in [1.54, 1.807) is 6.07 Å². The Morgan fingerprint density at radius 2 is 1.85 bits per heavy atom. The van der Waals surface area contributed by atoms with E-state index in [2.05, 4.69) is 5.32 Å². The molecule has 0 fully saturated rings. The molecule has 2 aromatic rings. The van der Waals surface area contributed by atoms with Crippen LogP contribution in [0.5, 0.6) is 0 Å². The fraction of sp³-hybridized carbons (Fsp3) is 0.316. The van der Waals surface area contributed by atoms with Gasteiger partial charge in [-0.15, -0.1) is 0 Å². The van der Waals surface area contributed by atoms with Crippen molar-refractivity contribution < 1.29 is 23.0 Å². The van der Waals surface area contributed by atoms with Crippen LogP contribution in [0, 0.1) is 5.21 Å².